The summed E-state index contributed by atoms with van der Waals surface area (Å²) in [5.74, 6) is 0.815. The summed E-state index contributed by atoms with van der Waals surface area (Å²) < 4.78 is 0. The second-order valence-electron chi connectivity index (χ2n) is 3.22. The van der Waals surface area contributed by atoms with Crippen LogP contribution < -0.4 is 0 Å². The number of benzene rings is 1. The second-order valence-corrected chi connectivity index (χ2v) is 3.22. The molecule has 1 N–H and O–H groups in total. The predicted octanol–water partition coefficient (Wildman–Crippen LogP) is 2.82. The molecule has 0 amide bonds. The van der Waals surface area contributed by atoms with Gasteiger partial charge in [0.25, 0.3) is 0 Å². The molecule has 1 radical (unpaired) electrons. The van der Waals surface area contributed by atoms with Crippen molar-refractivity contribution in [2.45, 2.75) is 26.7 Å². The van der Waals surface area contributed by atoms with Gasteiger partial charge in [0.05, 0.1) is 0 Å². The third-order valence-electron chi connectivity index (χ3n) is 1.81. The van der Waals surface area contributed by atoms with Crippen LogP contribution in [0.1, 0.15) is 30.9 Å². The summed E-state index contributed by atoms with van der Waals surface area (Å²) >= 11 is 0. The Kier molecular flexibility index (Phi) is 4.61. The first kappa shape index (κ1) is 11.8. The summed E-state index contributed by atoms with van der Waals surface area (Å²) in [5.41, 5.74) is 2.13. The van der Waals surface area contributed by atoms with Gasteiger partial charge in [-0.15, -0.1) is 0 Å². The van der Waals surface area contributed by atoms with Gasteiger partial charge in [-0.05, 0) is 30.0 Å². The van der Waals surface area contributed by atoms with Crippen molar-refractivity contribution in [3.8, 4) is 5.75 Å². The van der Waals surface area contributed by atoms with Crippen molar-refractivity contribution in [1.29, 1.82) is 0 Å². The van der Waals surface area contributed by atoms with Crippen LogP contribution in [0.25, 0.3) is 0 Å². The van der Waals surface area contributed by atoms with E-state index in [0.717, 1.165) is 11.1 Å². The van der Waals surface area contributed by atoms with E-state index in [2.05, 4.69) is 13.8 Å². The minimum atomic E-state index is 0. The van der Waals surface area contributed by atoms with Crippen LogP contribution in [-0.4, -0.2) is 5.11 Å². The topological polar surface area (TPSA) is 20.2 Å². The summed E-state index contributed by atoms with van der Waals surface area (Å²) in [6.07, 6.45) is 0. The molecule has 0 saturated carbocycles. The molecule has 0 saturated heterocycles. The molecule has 71 valence electrons. The molecule has 0 atom stereocenters. The van der Waals surface area contributed by atoms with Gasteiger partial charge in [0.15, 0.2) is 0 Å². The fourth-order valence-electron chi connectivity index (χ4n) is 1.14. The maximum absolute atomic E-state index is 9.46. The molecule has 0 aliphatic carbocycles. The van der Waals surface area contributed by atoms with E-state index in [1.54, 1.807) is 6.07 Å². The Balaban J connectivity index is 0.00000121. The Labute approximate surface area is 89.3 Å². The molecule has 0 unspecified atom stereocenters. The number of rotatable bonds is 1. The van der Waals surface area contributed by atoms with Crippen LogP contribution in [0.15, 0.2) is 18.2 Å². The zero-order valence-corrected chi connectivity index (χ0v) is 9.04. The van der Waals surface area contributed by atoms with Gasteiger partial charge >= 0.3 is 0 Å². The number of hydrogen-bond donors (Lipinski definition) is 1. The minimum Gasteiger partial charge on any atom is -0.508 e. The third-order valence-corrected chi connectivity index (χ3v) is 1.81. The van der Waals surface area contributed by atoms with Crippen LogP contribution in [0.5, 0.6) is 5.75 Å². The Bertz CT molecular complexity index is 256. The van der Waals surface area contributed by atoms with Crippen molar-refractivity contribution < 1.29 is 27.5 Å². The van der Waals surface area contributed by atoms with Gasteiger partial charge in [-0.25, -0.2) is 0 Å². The molecular formula is C10H14AgO. The number of aryl methyl sites for hydroxylation is 1. The monoisotopic (exact) mass is 257 g/mol. The average Bonchev–Trinajstić information content (AvgIpc) is 1.85. The van der Waals surface area contributed by atoms with E-state index in [-0.39, 0.29) is 22.4 Å². The molecule has 0 spiro atoms. The standard InChI is InChI=1S/C10H14O.Ag/c1-7(2)9-5-4-8(3)6-10(9)11;/h4-7,11H,1-3H3;. The van der Waals surface area contributed by atoms with Crippen molar-refractivity contribution in [3.05, 3.63) is 29.3 Å². The van der Waals surface area contributed by atoms with Crippen molar-refractivity contribution in [1.82, 2.24) is 0 Å². The molecule has 0 heterocycles. The first-order chi connectivity index (χ1) is 5.11. The van der Waals surface area contributed by atoms with Crippen LogP contribution in [0.3, 0.4) is 0 Å². The van der Waals surface area contributed by atoms with Gasteiger partial charge in [-0.3, -0.25) is 0 Å². The SMILES string of the molecule is Cc1ccc(C(C)C)c(O)c1.[Ag]. The molecule has 1 aromatic carbocycles. The largest absolute Gasteiger partial charge is 0.508 e. The van der Waals surface area contributed by atoms with Crippen molar-refractivity contribution >= 4 is 0 Å². The zero-order chi connectivity index (χ0) is 8.43. The zero-order valence-electron chi connectivity index (χ0n) is 7.56. The molecule has 2 heteroatoms. The van der Waals surface area contributed by atoms with Gasteiger partial charge in [0.2, 0.25) is 0 Å². The molecule has 1 nitrogen and oxygen atoms in total. The van der Waals surface area contributed by atoms with Gasteiger partial charge in [-0.1, -0.05) is 26.0 Å². The average molecular weight is 258 g/mol. The summed E-state index contributed by atoms with van der Waals surface area (Å²) in [4.78, 5) is 0. The Morgan fingerprint density at radius 2 is 1.83 bits per heavy atom. The van der Waals surface area contributed by atoms with E-state index >= 15 is 0 Å². The molecule has 12 heavy (non-hydrogen) atoms. The number of phenols is 1. The Hall–Kier alpha value is -0.240. The normalized spacial score (nSPS) is 9.67. The maximum atomic E-state index is 9.46. The van der Waals surface area contributed by atoms with E-state index < -0.39 is 0 Å². The van der Waals surface area contributed by atoms with Crippen LogP contribution >= 0.6 is 0 Å². The predicted molar refractivity (Wildman–Crippen MR) is 46.9 cm³/mol. The van der Waals surface area contributed by atoms with Gasteiger partial charge in [0, 0.05) is 22.4 Å². The van der Waals surface area contributed by atoms with Gasteiger partial charge in [0.1, 0.15) is 5.75 Å². The summed E-state index contributed by atoms with van der Waals surface area (Å²) in [5, 5.41) is 9.46. The fourth-order valence-corrected chi connectivity index (χ4v) is 1.14. The van der Waals surface area contributed by atoms with E-state index in [4.69, 9.17) is 0 Å². The van der Waals surface area contributed by atoms with Gasteiger partial charge in [-0.2, -0.15) is 0 Å². The van der Waals surface area contributed by atoms with Crippen LogP contribution in [-0.2, 0) is 22.4 Å². The summed E-state index contributed by atoms with van der Waals surface area (Å²) in [6, 6.07) is 5.81. The summed E-state index contributed by atoms with van der Waals surface area (Å²) in [7, 11) is 0. The first-order valence-electron chi connectivity index (χ1n) is 3.91. The molecule has 0 aliphatic heterocycles. The van der Waals surface area contributed by atoms with E-state index in [1.165, 1.54) is 0 Å². The van der Waals surface area contributed by atoms with Crippen LogP contribution in [0.4, 0.5) is 0 Å². The number of aromatic hydroxyl groups is 1. The molecule has 0 bridgehead atoms. The van der Waals surface area contributed by atoms with E-state index in [0.29, 0.717) is 11.7 Å². The molecule has 1 rings (SSSR count). The Morgan fingerprint density at radius 3 is 2.25 bits per heavy atom. The first-order valence-corrected chi connectivity index (χ1v) is 3.91. The smallest absolute Gasteiger partial charge is 0.119 e. The number of hydrogen-bond acceptors (Lipinski definition) is 1. The summed E-state index contributed by atoms with van der Waals surface area (Å²) in [6.45, 7) is 6.12. The van der Waals surface area contributed by atoms with Crippen molar-refractivity contribution in [2.24, 2.45) is 0 Å². The van der Waals surface area contributed by atoms with E-state index in [9.17, 15) is 5.11 Å². The minimum absolute atomic E-state index is 0. The molecule has 0 fully saturated rings. The molecule has 0 aromatic heterocycles. The molecule has 0 aliphatic rings. The molecular weight excluding hydrogens is 244 g/mol. The molecule has 1 aromatic rings. The van der Waals surface area contributed by atoms with Crippen LogP contribution in [0, 0.1) is 6.92 Å². The number of phenolic OH excluding ortho intramolecular Hbond substituents is 1. The fraction of sp³-hybridized carbons (Fsp3) is 0.400. The van der Waals surface area contributed by atoms with E-state index in [1.807, 2.05) is 19.1 Å². The Morgan fingerprint density at radius 1 is 1.25 bits per heavy atom. The van der Waals surface area contributed by atoms with Crippen LogP contribution in [0.2, 0.25) is 0 Å². The van der Waals surface area contributed by atoms with Crippen molar-refractivity contribution in [2.75, 3.05) is 0 Å². The third kappa shape index (κ3) is 2.67. The quantitative estimate of drug-likeness (QED) is 0.768. The van der Waals surface area contributed by atoms with Crippen molar-refractivity contribution in [3.63, 3.8) is 0 Å². The second kappa shape index (κ2) is 4.70. The maximum Gasteiger partial charge on any atom is 0.119 e. The van der Waals surface area contributed by atoms with Gasteiger partial charge < -0.3 is 5.11 Å².